The monoisotopic (exact) mass is 354 g/mol. The highest BCUT2D eigenvalue weighted by Gasteiger charge is 2.19. The van der Waals surface area contributed by atoms with Crippen molar-refractivity contribution in [2.75, 3.05) is 11.9 Å². The third kappa shape index (κ3) is 3.73. The Kier molecular flexibility index (Phi) is 5.30. The number of anilines is 1. The number of esters is 1. The Morgan fingerprint density at radius 2 is 2.00 bits per heavy atom. The van der Waals surface area contributed by atoms with Crippen molar-refractivity contribution in [1.82, 2.24) is 14.3 Å². The molecule has 0 saturated carbocycles. The molecule has 1 atom stereocenters. The summed E-state index contributed by atoms with van der Waals surface area (Å²) in [7, 11) is 1.20. The van der Waals surface area contributed by atoms with Crippen molar-refractivity contribution >= 4 is 11.7 Å². The Morgan fingerprint density at radius 3 is 2.64 bits per heavy atom. The number of carbonyl (C=O) groups excluding carboxylic acids is 1. The first-order valence-electron chi connectivity index (χ1n) is 7.34. The van der Waals surface area contributed by atoms with Crippen LogP contribution in [0.2, 0.25) is 0 Å². The molecule has 0 aliphatic rings. The van der Waals surface area contributed by atoms with Crippen molar-refractivity contribution in [3.05, 3.63) is 50.8 Å². The number of halogens is 2. The maximum absolute atomic E-state index is 14.1. The lowest BCUT2D eigenvalue weighted by Gasteiger charge is -2.16. The maximum Gasteiger partial charge on any atom is 0.352 e. The van der Waals surface area contributed by atoms with Crippen LogP contribution in [0.15, 0.2) is 27.9 Å². The molecule has 25 heavy (non-hydrogen) atoms. The minimum atomic E-state index is -1.06. The lowest BCUT2D eigenvalue weighted by atomic mass is 10.2. The fourth-order valence-corrected chi connectivity index (χ4v) is 2.01. The van der Waals surface area contributed by atoms with E-state index in [9.17, 15) is 23.2 Å². The van der Waals surface area contributed by atoms with Crippen LogP contribution in [-0.4, -0.2) is 33.0 Å². The molecular weight excluding hydrogens is 338 g/mol. The second-order valence-corrected chi connectivity index (χ2v) is 5.14. The van der Waals surface area contributed by atoms with Crippen LogP contribution >= 0.6 is 0 Å². The van der Waals surface area contributed by atoms with E-state index in [1.165, 1.54) is 14.0 Å². The van der Waals surface area contributed by atoms with Crippen molar-refractivity contribution in [1.29, 1.82) is 0 Å². The van der Waals surface area contributed by atoms with E-state index in [1.54, 1.807) is 6.92 Å². The zero-order valence-corrected chi connectivity index (χ0v) is 13.7. The first-order chi connectivity index (χ1) is 11.8. The molecule has 134 valence electrons. The number of hydrogen-bond donors (Lipinski definition) is 1. The molecule has 1 aromatic carbocycles. The third-order valence-corrected chi connectivity index (χ3v) is 3.36. The lowest BCUT2D eigenvalue weighted by molar-refractivity contribution is -0.143. The van der Waals surface area contributed by atoms with Crippen molar-refractivity contribution in [3.63, 3.8) is 0 Å². The summed E-state index contributed by atoms with van der Waals surface area (Å²) >= 11 is 0. The van der Waals surface area contributed by atoms with Gasteiger partial charge in [-0.15, -0.1) is 0 Å². The summed E-state index contributed by atoms with van der Waals surface area (Å²) in [5.41, 5.74) is -2.17. The summed E-state index contributed by atoms with van der Waals surface area (Å²) in [6, 6.07) is 0.631. The highest BCUT2D eigenvalue weighted by molar-refractivity contribution is 5.79. The average Bonchev–Trinajstić information content (AvgIpc) is 2.56. The number of hydrogen-bond acceptors (Lipinski definition) is 6. The van der Waals surface area contributed by atoms with E-state index in [0.29, 0.717) is 10.7 Å². The summed E-state index contributed by atoms with van der Waals surface area (Å²) in [6.07, 6.45) is 0.832. The van der Waals surface area contributed by atoms with Crippen LogP contribution in [0.1, 0.15) is 13.8 Å². The zero-order chi connectivity index (χ0) is 18.7. The fourth-order valence-electron chi connectivity index (χ4n) is 2.01. The van der Waals surface area contributed by atoms with Crippen LogP contribution in [0.4, 0.5) is 14.5 Å². The molecule has 0 aliphatic heterocycles. The molecule has 0 fully saturated rings. The molecule has 2 rings (SSSR count). The number of carbonyl (C=O) groups is 1. The first kappa shape index (κ1) is 18.3. The van der Waals surface area contributed by atoms with Gasteiger partial charge >= 0.3 is 11.7 Å². The molecule has 0 spiro atoms. The van der Waals surface area contributed by atoms with Crippen LogP contribution in [0.5, 0.6) is 0 Å². The van der Waals surface area contributed by atoms with Gasteiger partial charge < -0.3 is 10.1 Å². The highest BCUT2D eigenvalue weighted by atomic mass is 19.1. The minimum absolute atomic E-state index is 0.152. The van der Waals surface area contributed by atoms with Gasteiger partial charge in [0.15, 0.2) is 5.82 Å². The predicted octanol–water partition coefficient (Wildman–Crippen LogP) is 0.573. The summed E-state index contributed by atoms with van der Waals surface area (Å²) in [4.78, 5) is 35.1. The largest absolute Gasteiger partial charge is 0.464 e. The van der Waals surface area contributed by atoms with E-state index >= 15 is 0 Å². The maximum atomic E-state index is 14.1. The van der Waals surface area contributed by atoms with Gasteiger partial charge in [0.2, 0.25) is 0 Å². The van der Waals surface area contributed by atoms with Crippen LogP contribution in [0.3, 0.4) is 0 Å². The van der Waals surface area contributed by atoms with E-state index in [2.05, 4.69) is 10.4 Å². The normalized spacial score (nSPS) is 11.9. The molecule has 1 aromatic heterocycles. The molecule has 0 amide bonds. The molecule has 8 nitrogen and oxygen atoms in total. The van der Waals surface area contributed by atoms with Crippen LogP contribution < -0.4 is 16.6 Å². The Balaban J connectivity index is 2.49. The van der Waals surface area contributed by atoms with Crippen molar-refractivity contribution in [2.24, 2.45) is 7.05 Å². The standard InChI is InChI=1S/C15H16F2N4O4/c1-4-25-14(23)8(2)19-11-6-12(10(17)5-9(11)16)21-15(24)20(3)13(22)7-18-21/h5-8,19H,4H2,1-3H3. The van der Waals surface area contributed by atoms with Gasteiger partial charge in [-0.1, -0.05) is 0 Å². The van der Waals surface area contributed by atoms with Gasteiger partial charge in [0.1, 0.15) is 23.7 Å². The summed E-state index contributed by atoms with van der Waals surface area (Å²) < 4.78 is 34.2. The van der Waals surface area contributed by atoms with E-state index in [0.717, 1.165) is 16.8 Å². The Bertz CT molecular complexity index is 923. The minimum Gasteiger partial charge on any atom is -0.464 e. The first-order valence-corrected chi connectivity index (χ1v) is 7.34. The SMILES string of the molecule is CCOC(=O)C(C)Nc1cc(-n2ncc(=O)n(C)c2=O)c(F)cc1F. The van der Waals surface area contributed by atoms with Crippen molar-refractivity contribution in [2.45, 2.75) is 19.9 Å². The second-order valence-electron chi connectivity index (χ2n) is 5.14. The lowest BCUT2D eigenvalue weighted by Crippen LogP contribution is -2.38. The summed E-state index contributed by atoms with van der Waals surface area (Å²) in [5.74, 6) is -2.64. The van der Waals surface area contributed by atoms with Crippen molar-refractivity contribution in [3.8, 4) is 5.69 Å². The Labute approximate surface area is 140 Å². The molecule has 1 N–H and O–H groups in total. The van der Waals surface area contributed by atoms with Gasteiger partial charge in [-0.05, 0) is 19.9 Å². The van der Waals surface area contributed by atoms with Crippen molar-refractivity contribution < 1.29 is 18.3 Å². The van der Waals surface area contributed by atoms with E-state index in [1.807, 2.05) is 0 Å². The van der Waals surface area contributed by atoms with Gasteiger partial charge in [0, 0.05) is 13.1 Å². The van der Waals surface area contributed by atoms with Crippen LogP contribution in [0.25, 0.3) is 5.69 Å². The Morgan fingerprint density at radius 1 is 1.32 bits per heavy atom. The van der Waals surface area contributed by atoms with Gasteiger partial charge in [0.05, 0.1) is 12.3 Å². The van der Waals surface area contributed by atoms with Crippen LogP contribution in [-0.2, 0) is 16.6 Å². The number of ether oxygens (including phenoxy) is 1. The summed E-state index contributed by atoms with van der Waals surface area (Å²) in [6.45, 7) is 3.22. The third-order valence-electron chi connectivity index (χ3n) is 3.36. The number of aromatic nitrogens is 3. The van der Waals surface area contributed by atoms with Gasteiger partial charge in [0.25, 0.3) is 5.56 Å². The van der Waals surface area contributed by atoms with Gasteiger partial charge in [-0.3, -0.25) is 9.36 Å². The topological polar surface area (TPSA) is 95.2 Å². The molecule has 0 aliphatic carbocycles. The Hall–Kier alpha value is -3.04. The van der Waals surface area contributed by atoms with Gasteiger partial charge in [-0.25, -0.2) is 18.4 Å². The number of benzene rings is 1. The molecule has 1 heterocycles. The van der Waals surface area contributed by atoms with Crippen LogP contribution in [0, 0.1) is 11.6 Å². The quantitative estimate of drug-likeness (QED) is 0.789. The second kappa shape index (κ2) is 7.24. The smallest absolute Gasteiger partial charge is 0.352 e. The number of nitrogens with zero attached hydrogens (tertiary/aromatic N) is 3. The van der Waals surface area contributed by atoms with E-state index in [-0.39, 0.29) is 18.0 Å². The number of rotatable bonds is 5. The molecule has 2 aromatic rings. The number of nitrogens with one attached hydrogen (secondary N) is 1. The molecular formula is C15H16F2N4O4. The van der Waals surface area contributed by atoms with E-state index in [4.69, 9.17) is 4.74 Å². The predicted molar refractivity (Wildman–Crippen MR) is 84.7 cm³/mol. The zero-order valence-electron chi connectivity index (χ0n) is 13.7. The fraction of sp³-hybridized carbons (Fsp3) is 0.333. The summed E-state index contributed by atoms with van der Waals surface area (Å²) in [5, 5.41) is 6.12. The molecule has 10 heteroatoms. The van der Waals surface area contributed by atoms with E-state index < -0.39 is 34.9 Å². The van der Waals surface area contributed by atoms with Gasteiger partial charge in [-0.2, -0.15) is 9.78 Å². The highest BCUT2D eigenvalue weighted by Crippen LogP contribution is 2.22. The molecule has 0 bridgehead atoms. The molecule has 0 saturated heterocycles. The molecule has 0 radical (unpaired) electrons. The average molecular weight is 354 g/mol. The molecule has 1 unspecified atom stereocenters.